The Hall–Kier alpha value is -1.50. The molecule has 3 rings (SSSR count). The average molecular weight is 416 g/mol. The summed E-state index contributed by atoms with van der Waals surface area (Å²) in [6.45, 7) is 1.39. The Morgan fingerprint density at radius 3 is 2.23 bits per heavy atom. The van der Waals surface area contributed by atoms with E-state index in [4.69, 9.17) is 27.6 Å². The molecule has 0 saturated carbocycles. The van der Waals surface area contributed by atoms with Crippen molar-refractivity contribution in [2.75, 3.05) is 13.1 Å². The van der Waals surface area contributed by atoms with Gasteiger partial charge in [0, 0.05) is 13.1 Å². The Labute approximate surface area is 162 Å². The molecular weight excluding hydrogens is 397 g/mol. The smallest absolute Gasteiger partial charge is 0.289 e. The van der Waals surface area contributed by atoms with Gasteiger partial charge in [0.15, 0.2) is 15.6 Å². The van der Waals surface area contributed by atoms with Crippen LogP contribution in [-0.4, -0.2) is 32.3 Å². The van der Waals surface area contributed by atoms with Crippen LogP contribution in [-0.2, 0) is 15.6 Å². The molecule has 0 N–H and O–H groups in total. The summed E-state index contributed by atoms with van der Waals surface area (Å²) in [6, 6.07) is 7.54. The van der Waals surface area contributed by atoms with E-state index in [-0.39, 0.29) is 32.4 Å². The zero-order valence-electron chi connectivity index (χ0n) is 14.1. The maximum atomic E-state index is 12.6. The van der Waals surface area contributed by atoms with Crippen molar-refractivity contribution in [1.29, 1.82) is 0 Å². The molecule has 1 aliphatic heterocycles. The van der Waals surface area contributed by atoms with Crippen molar-refractivity contribution in [2.24, 2.45) is 0 Å². The first-order chi connectivity index (χ1) is 12.4. The van der Waals surface area contributed by atoms with Gasteiger partial charge in [-0.05, 0) is 37.1 Å². The molecule has 8 heteroatoms. The van der Waals surface area contributed by atoms with Crippen molar-refractivity contribution < 1.29 is 17.6 Å². The molecule has 2 aromatic rings. The molecule has 1 aliphatic rings. The minimum Gasteiger partial charge on any atom is -0.455 e. The number of benzene rings is 1. The molecule has 0 radical (unpaired) electrons. The number of carbonyl (C=O) groups excluding carboxylic acids is 1. The van der Waals surface area contributed by atoms with Crippen LogP contribution in [0.5, 0.6) is 0 Å². The molecule has 0 aliphatic carbocycles. The Kier molecular flexibility index (Phi) is 5.95. The molecule has 140 valence electrons. The van der Waals surface area contributed by atoms with Gasteiger partial charge >= 0.3 is 0 Å². The largest absolute Gasteiger partial charge is 0.455 e. The number of furan rings is 1. The van der Waals surface area contributed by atoms with Crippen LogP contribution >= 0.6 is 23.2 Å². The molecular formula is C18H19Cl2NO4S. The molecule has 0 atom stereocenters. The van der Waals surface area contributed by atoms with Crippen LogP contribution in [0.4, 0.5) is 0 Å². The first-order valence-electron chi connectivity index (χ1n) is 8.43. The van der Waals surface area contributed by atoms with Gasteiger partial charge in [0.05, 0.1) is 10.0 Å². The molecule has 0 unspecified atom stereocenters. The molecule has 1 fully saturated rings. The molecule has 1 amide bonds. The molecule has 0 spiro atoms. The lowest BCUT2D eigenvalue weighted by molar-refractivity contribution is 0.0728. The second-order valence-corrected chi connectivity index (χ2v) is 9.02. The highest BCUT2D eigenvalue weighted by molar-refractivity contribution is 7.90. The van der Waals surface area contributed by atoms with Crippen LogP contribution < -0.4 is 0 Å². The number of nitrogens with zero attached hydrogens (tertiary/aromatic N) is 1. The number of rotatable bonds is 4. The standard InChI is InChI=1S/C18H19Cl2NO4S/c19-14-6-5-7-15(20)17(14)26(23,24)12-13-8-9-16(25-13)18(22)21-10-3-1-2-4-11-21/h5-9H,1-4,10-12H2. The van der Waals surface area contributed by atoms with Gasteiger partial charge in [-0.15, -0.1) is 0 Å². The first kappa shape index (κ1) is 19.3. The number of likely N-dealkylation sites (tertiary alicyclic amines) is 1. The summed E-state index contributed by atoms with van der Waals surface area (Å²) >= 11 is 12.0. The Morgan fingerprint density at radius 2 is 1.62 bits per heavy atom. The predicted octanol–water partition coefficient (Wildman–Crippen LogP) is 4.58. The zero-order valence-corrected chi connectivity index (χ0v) is 16.4. The number of sulfone groups is 1. The van der Waals surface area contributed by atoms with Gasteiger partial charge in [0.2, 0.25) is 0 Å². The maximum absolute atomic E-state index is 12.6. The van der Waals surface area contributed by atoms with Gasteiger partial charge in [-0.25, -0.2) is 8.42 Å². The van der Waals surface area contributed by atoms with E-state index < -0.39 is 15.6 Å². The third-order valence-electron chi connectivity index (χ3n) is 4.33. The summed E-state index contributed by atoms with van der Waals surface area (Å²) in [5, 5.41) is 0.120. The van der Waals surface area contributed by atoms with Gasteiger partial charge in [-0.1, -0.05) is 42.1 Å². The lowest BCUT2D eigenvalue weighted by Crippen LogP contribution is -2.31. The molecule has 2 heterocycles. The van der Waals surface area contributed by atoms with Crippen LogP contribution in [0.3, 0.4) is 0 Å². The molecule has 5 nitrogen and oxygen atoms in total. The van der Waals surface area contributed by atoms with Gasteiger partial charge in [0.1, 0.15) is 16.4 Å². The fourth-order valence-electron chi connectivity index (χ4n) is 3.04. The van der Waals surface area contributed by atoms with Crippen molar-refractivity contribution in [3.63, 3.8) is 0 Å². The summed E-state index contributed by atoms with van der Waals surface area (Å²) in [7, 11) is -3.80. The maximum Gasteiger partial charge on any atom is 0.289 e. The van der Waals surface area contributed by atoms with E-state index in [1.807, 2.05) is 0 Å². The van der Waals surface area contributed by atoms with E-state index in [0.717, 1.165) is 25.7 Å². The minimum absolute atomic E-state index is 0.0601. The molecule has 1 aromatic heterocycles. The van der Waals surface area contributed by atoms with E-state index in [0.29, 0.717) is 13.1 Å². The molecule has 26 heavy (non-hydrogen) atoms. The SMILES string of the molecule is O=C(c1ccc(CS(=O)(=O)c2c(Cl)cccc2Cl)o1)N1CCCCCC1. The van der Waals surface area contributed by atoms with Crippen LogP contribution in [0.2, 0.25) is 10.0 Å². The fourth-order valence-corrected chi connectivity index (χ4v) is 5.55. The zero-order chi connectivity index (χ0) is 18.7. The highest BCUT2D eigenvalue weighted by Crippen LogP contribution is 2.31. The van der Waals surface area contributed by atoms with E-state index >= 15 is 0 Å². The lowest BCUT2D eigenvalue weighted by Gasteiger charge is -2.18. The lowest BCUT2D eigenvalue weighted by atomic mass is 10.2. The summed E-state index contributed by atoms with van der Waals surface area (Å²) < 4.78 is 30.8. The Morgan fingerprint density at radius 1 is 1.00 bits per heavy atom. The number of amides is 1. The van der Waals surface area contributed by atoms with Crippen LogP contribution in [0.1, 0.15) is 42.0 Å². The second kappa shape index (κ2) is 8.03. The average Bonchev–Trinajstić information content (AvgIpc) is 2.86. The third-order valence-corrected chi connectivity index (χ3v) is 6.91. The highest BCUT2D eigenvalue weighted by Gasteiger charge is 2.25. The normalized spacial score (nSPS) is 15.7. The molecule has 0 bridgehead atoms. The molecule has 1 aromatic carbocycles. The van der Waals surface area contributed by atoms with Crippen LogP contribution in [0.25, 0.3) is 0 Å². The van der Waals surface area contributed by atoms with Crippen LogP contribution in [0, 0.1) is 0 Å². The van der Waals surface area contributed by atoms with E-state index in [1.165, 1.54) is 24.3 Å². The third kappa shape index (κ3) is 4.24. The van der Waals surface area contributed by atoms with E-state index in [1.54, 1.807) is 11.0 Å². The molecule has 1 saturated heterocycles. The van der Waals surface area contributed by atoms with Crippen LogP contribution in [0.15, 0.2) is 39.6 Å². The summed E-state index contributed by atoms with van der Waals surface area (Å²) in [5.74, 6) is -0.281. The van der Waals surface area contributed by atoms with Crippen molar-refractivity contribution in [3.05, 3.63) is 51.9 Å². The first-order valence-corrected chi connectivity index (χ1v) is 10.8. The highest BCUT2D eigenvalue weighted by atomic mass is 35.5. The van der Waals surface area contributed by atoms with Gasteiger partial charge in [-0.3, -0.25) is 4.79 Å². The predicted molar refractivity (Wildman–Crippen MR) is 100 cm³/mol. The number of hydrogen-bond donors (Lipinski definition) is 0. The Balaban J connectivity index is 1.78. The van der Waals surface area contributed by atoms with Gasteiger partial charge in [-0.2, -0.15) is 0 Å². The summed E-state index contributed by atoms with van der Waals surface area (Å²) in [4.78, 5) is 14.2. The number of carbonyl (C=O) groups is 1. The quantitative estimate of drug-likeness (QED) is 0.732. The van der Waals surface area contributed by atoms with Crippen molar-refractivity contribution in [1.82, 2.24) is 4.90 Å². The fraction of sp³-hybridized carbons (Fsp3) is 0.389. The van der Waals surface area contributed by atoms with Crippen molar-refractivity contribution in [3.8, 4) is 0 Å². The topological polar surface area (TPSA) is 67.6 Å². The van der Waals surface area contributed by atoms with Gasteiger partial charge < -0.3 is 9.32 Å². The second-order valence-electron chi connectivity index (χ2n) is 6.28. The summed E-state index contributed by atoms with van der Waals surface area (Å²) in [5.41, 5.74) is 0. The van der Waals surface area contributed by atoms with E-state index in [9.17, 15) is 13.2 Å². The monoisotopic (exact) mass is 415 g/mol. The number of halogens is 2. The van der Waals surface area contributed by atoms with Crippen molar-refractivity contribution >= 4 is 38.9 Å². The van der Waals surface area contributed by atoms with Crippen molar-refractivity contribution in [2.45, 2.75) is 36.3 Å². The Bertz CT molecular complexity index is 879. The number of hydrogen-bond acceptors (Lipinski definition) is 4. The van der Waals surface area contributed by atoms with Gasteiger partial charge in [0.25, 0.3) is 5.91 Å². The van der Waals surface area contributed by atoms with E-state index in [2.05, 4.69) is 0 Å². The summed E-state index contributed by atoms with van der Waals surface area (Å²) in [6.07, 6.45) is 4.17. The minimum atomic E-state index is -3.80.